The zero-order chi connectivity index (χ0) is 30.6. The van der Waals surface area contributed by atoms with E-state index in [0.29, 0.717) is 18.7 Å². The van der Waals surface area contributed by atoms with Crippen LogP contribution in [0, 0.1) is 0 Å². The first-order valence-electron chi connectivity index (χ1n) is 15.1. The van der Waals surface area contributed by atoms with Gasteiger partial charge in [-0.25, -0.2) is 9.37 Å². The first-order chi connectivity index (χ1) is 20.3. The number of esters is 1. The summed E-state index contributed by atoms with van der Waals surface area (Å²) < 4.78 is 13.5. The zero-order valence-electron chi connectivity index (χ0n) is 26.6. The van der Waals surface area contributed by atoms with Crippen molar-refractivity contribution >= 4 is 28.6 Å². The fourth-order valence-corrected chi connectivity index (χ4v) is 5.26. The average Bonchev–Trinajstić information content (AvgIpc) is 3.02. The lowest BCUT2D eigenvalue weighted by molar-refractivity contribution is -0.524. The van der Waals surface area contributed by atoms with Crippen molar-refractivity contribution in [3.05, 3.63) is 95.6 Å². The Morgan fingerprint density at radius 1 is 0.833 bits per heavy atom. The van der Waals surface area contributed by atoms with E-state index >= 15 is 0 Å². The number of anilines is 2. The summed E-state index contributed by atoms with van der Waals surface area (Å²) in [5.74, 6) is 0.495. The van der Waals surface area contributed by atoms with Gasteiger partial charge in [0.1, 0.15) is 18.9 Å². The summed E-state index contributed by atoms with van der Waals surface area (Å²) in [6.45, 7) is 21.7. The maximum absolute atomic E-state index is 11.8. The highest BCUT2D eigenvalue weighted by Crippen LogP contribution is 2.38. The predicted octanol–water partition coefficient (Wildman–Crippen LogP) is 6.91. The van der Waals surface area contributed by atoms with Crippen molar-refractivity contribution in [1.82, 2.24) is 0 Å². The van der Waals surface area contributed by atoms with Crippen molar-refractivity contribution in [3.63, 3.8) is 0 Å². The Bertz CT molecular complexity index is 1340. The molecule has 0 aromatic heterocycles. The minimum absolute atomic E-state index is 0.313. The van der Waals surface area contributed by atoms with E-state index in [1.165, 1.54) is 5.69 Å². The molecule has 1 aliphatic rings. The van der Waals surface area contributed by atoms with E-state index < -0.39 is 0 Å². The molecule has 0 saturated carbocycles. The monoisotopic (exact) mass is 570 g/mol. The van der Waals surface area contributed by atoms with E-state index in [0.717, 1.165) is 72.1 Å². The molecule has 42 heavy (non-hydrogen) atoms. The largest absolute Gasteiger partial charge is 0.496 e. The van der Waals surface area contributed by atoms with Crippen LogP contribution < -0.4 is 14.5 Å². The number of hydrogen-bond donors (Lipinski definition) is 0. The average molecular weight is 571 g/mol. The second kappa shape index (κ2) is 15.8. The minimum Gasteiger partial charge on any atom is -0.496 e. The Labute approximate surface area is 252 Å². The molecule has 6 heteroatoms. The predicted molar refractivity (Wildman–Crippen MR) is 177 cm³/mol. The summed E-state index contributed by atoms with van der Waals surface area (Å²) in [5, 5.41) is 0. The third-order valence-electron chi connectivity index (χ3n) is 7.71. The van der Waals surface area contributed by atoms with Gasteiger partial charge in [-0.1, -0.05) is 18.7 Å². The molecule has 6 nitrogen and oxygen atoms in total. The third kappa shape index (κ3) is 7.81. The van der Waals surface area contributed by atoms with Gasteiger partial charge in [-0.05, 0) is 94.7 Å². The van der Waals surface area contributed by atoms with Gasteiger partial charge in [-0.2, -0.15) is 0 Å². The molecule has 0 heterocycles. The van der Waals surface area contributed by atoms with Crippen LogP contribution >= 0.6 is 0 Å². The normalized spacial score (nSPS) is 12.3. The number of nitrogens with zero attached hydrogens (tertiary/aromatic N) is 3. The van der Waals surface area contributed by atoms with E-state index in [1.54, 1.807) is 14.0 Å². The second-order valence-corrected chi connectivity index (χ2v) is 10.2. The molecule has 2 aromatic carbocycles. The van der Waals surface area contributed by atoms with Crippen LogP contribution in [0.15, 0.2) is 84.5 Å². The fraction of sp³-hybridized carbons (Fsp3) is 0.389. The van der Waals surface area contributed by atoms with Crippen LogP contribution in [0.5, 0.6) is 5.75 Å². The number of carbonyl (C=O) groups excluding carboxylic acids is 1. The molecule has 0 fully saturated rings. The van der Waals surface area contributed by atoms with Gasteiger partial charge in [0.25, 0.3) is 0 Å². The lowest BCUT2D eigenvalue weighted by atomic mass is 9.89. The molecule has 0 amide bonds. The standard InChI is InChI=1S/C36H48N3O3/c1-9-37(10-2)30-18-14-28(15-19-30)35(33-23-22-32(26-34(33)41-8)38(11-3)12-4)29-16-20-31(21-17-29)39(13-5)24-25-42-36(40)27(6)7/h14-23,26H,6,9-13,24-25H2,1-5,7-8H3/q+1. The van der Waals surface area contributed by atoms with Crippen molar-refractivity contribution < 1.29 is 18.8 Å². The number of allylic oxidation sites excluding steroid dienone is 5. The number of benzene rings is 2. The van der Waals surface area contributed by atoms with Crippen LogP contribution in [0.4, 0.5) is 11.4 Å². The van der Waals surface area contributed by atoms with Gasteiger partial charge in [0.15, 0.2) is 12.3 Å². The summed E-state index contributed by atoms with van der Waals surface area (Å²) in [5.41, 5.74) is 8.26. The molecule has 0 aliphatic heterocycles. The van der Waals surface area contributed by atoms with E-state index in [1.807, 2.05) is 0 Å². The molecule has 0 unspecified atom stereocenters. The van der Waals surface area contributed by atoms with Gasteiger partial charge in [0.05, 0.1) is 7.11 Å². The van der Waals surface area contributed by atoms with E-state index in [2.05, 4.69) is 122 Å². The highest BCUT2D eigenvalue weighted by molar-refractivity contribution is 6.04. The van der Waals surface area contributed by atoms with E-state index in [4.69, 9.17) is 9.47 Å². The van der Waals surface area contributed by atoms with Gasteiger partial charge in [0, 0.05) is 66.9 Å². The van der Waals surface area contributed by atoms with Gasteiger partial charge in [0.2, 0.25) is 0 Å². The molecular weight excluding hydrogens is 522 g/mol. The fourth-order valence-electron chi connectivity index (χ4n) is 5.26. The number of likely N-dealkylation sites (N-methyl/N-ethyl adjacent to an activating group) is 1. The van der Waals surface area contributed by atoms with Crippen LogP contribution in [0.2, 0.25) is 0 Å². The van der Waals surface area contributed by atoms with E-state index in [9.17, 15) is 4.79 Å². The lowest BCUT2D eigenvalue weighted by Crippen LogP contribution is -2.25. The number of rotatable bonds is 14. The van der Waals surface area contributed by atoms with Crippen molar-refractivity contribution in [1.29, 1.82) is 0 Å². The van der Waals surface area contributed by atoms with Gasteiger partial charge in [-0.3, -0.25) is 0 Å². The van der Waals surface area contributed by atoms with Crippen molar-refractivity contribution in [2.75, 3.05) is 62.8 Å². The molecule has 0 bridgehead atoms. The topological polar surface area (TPSA) is 45.0 Å². The smallest absolute Gasteiger partial charge is 0.333 e. The number of ether oxygens (including phenoxy) is 2. The lowest BCUT2D eigenvalue weighted by Gasteiger charge is -2.24. The van der Waals surface area contributed by atoms with Crippen LogP contribution in [-0.4, -0.2) is 69.2 Å². The summed E-state index contributed by atoms with van der Waals surface area (Å²) in [6, 6.07) is 15.4. The van der Waals surface area contributed by atoms with Crippen LogP contribution in [0.25, 0.3) is 5.57 Å². The minimum atomic E-state index is -0.353. The van der Waals surface area contributed by atoms with Gasteiger partial charge in [-0.15, -0.1) is 0 Å². The quantitative estimate of drug-likeness (QED) is 0.140. The molecule has 3 rings (SSSR count). The van der Waals surface area contributed by atoms with Gasteiger partial charge >= 0.3 is 5.97 Å². The number of methoxy groups -OCH3 is 1. The summed E-state index contributed by atoms with van der Waals surface area (Å²) >= 11 is 0. The molecule has 0 N–H and O–H groups in total. The SMILES string of the molecule is C=C(C)C(=O)OCC[N+](CC)=C1C=CC(=C(c2ccc(N(CC)CC)cc2)c2ccc(N(CC)CC)cc2OC)C=C1. The third-order valence-corrected chi connectivity index (χ3v) is 7.71. The zero-order valence-corrected chi connectivity index (χ0v) is 26.6. The van der Waals surface area contributed by atoms with Crippen molar-refractivity contribution in [2.45, 2.75) is 41.5 Å². The molecule has 2 aromatic rings. The summed E-state index contributed by atoms with van der Waals surface area (Å²) in [4.78, 5) is 16.5. The highest BCUT2D eigenvalue weighted by atomic mass is 16.5. The molecule has 0 atom stereocenters. The summed E-state index contributed by atoms with van der Waals surface area (Å²) in [7, 11) is 1.74. The maximum Gasteiger partial charge on any atom is 0.333 e. The first kappa shape index (κ1) is 32.5. The maximum atomic E-state index is 11.8. The van der Waals surface area contributed by atoms with E-state index in [-0.39, 0.29) is 5.97 Å². The Hall–Kier alpha value is -4.06. The summed E-state index contributed by atoms with van der Waals surface area (Å²) in [6.07, 6.45) is 8.62. The molecule has 1 aliphatic carbocycles. The number of carbonyl (C=O) groups is 1. The second-order valence-electron chi connectivity index (χ2n) is 10.2. The molecule has 0 saturated heterocycles. The van der Waals surface area contributed by atoms with Gasteiger partial charge < -0.3 is 19.3 Å². The van der Waals surface area contributed by atoms with Crippen LogP contribution in [0.1, 0.15) is 52.7 Å². The van der Waals surface area contributed by atoms with Crippen LogP contribution in [-0.2, 0) is 9.53 Å². The molecule has 0 spiro atoms. The Balaban J connectivity index is 2.08. The van der Waals surface area contributed by atoms with Crippen molar-refractivity contribution in [2.24, 2.45) is 0 Å². The molecule has 0 radical (unpaired) electrons. The highest BCUT2D eigenvalue weighted by Gasteiger charge is 2.19. The first-order valence-corrected chi connectivity index (χ1v) is 15.1. The van der Waals surface area contributed by atoms with Crippen LogP contribution in [0.3, 0.4) is 0 Å². The molecule has 224 valence electrons. The molecular formula is C36H48N3O3+. The Morgan fingerprint density at radius 3 is 1.93 bits per heavy atom. The number of hydrogen-bond acceptors (Lipinski definition) is 5. The Kier molecular flexibility index (Phi) is 12.2. The van der Waals surface area contributed by atoms with Crippen molar-refractivity contribution in [3.8, 4) is 5.75 Å². The Morgan fingerprint density at radius 2 is 1.40 bits per heavy atom.